The zero-order valence-electron chi connectivity index (χ0n) is 10.3. The molecular formula is C12H16N4S. The number of anilines is 1. The van der Waals surface area contributed by atoms with E-state index in [-0.39, 0.29) is 0 Å². The fourth-order valence-corrected chi connectivity index (χ4v) is 2.33. The van der Waals surface area contributed by atoms with Crippen molar-refractivity contribution in [2.75, 3.05) is 11.9 Å². The highest BCUT2D eigenvalue weighted by Gasteiger charge is 2.08. The molecule has 0 aliphatic carbocycles. The lowest BCUT2D eigenvalue weighted by Crippen LogP contribution is -2.11. The Morgan fingerprint density at radius 1 is 1.35 bits per heavy atom. The maximum absolute atomic E-state index is 4.35. The molecule has 0 saturated heterocycles. The number of rotatable bonds is 4. The molecule has 0 bridgehead atoms. The molecule has 5 heteroatoms. The molecule has 4 nitrogen and oxygen atoms in total. The molecule has 0 saturated carbocycles. The van der Waals surface area contributed by atoms with Crippen molar-refractivity contribution < 1.29 is 0 Å². The summed E-state index contributed by atoms with van der Waals surface area (Å²) in [6, 6.07) is 1.96. The van der Waals surface area contributed by atoms with Gasteiger partial charge in [0.1, 0.15) is 11.6 Å². The second kappa shape index (κ2) is 5.23. The van der Waals surface area contributed by atoms with Gasteiger partial charge < -0.3 is 5.32 Å². The number of thiazole rings is 1. The summed E-state index contributed by atoms with van der Waals surface area (Å²) in [6.45, 7) is 6.88. The zero-order chi connectivity index (χ0) is 12.3. The summed E-state index contributed by atoms with van der Waals surface area (Å²) in [4.78, 5) is 12.9. The number of aromatic nitrogens is 3. The minimum absolute atomic E-state index is 0.394. The van der Waals surface area contributed by atoms with Gasteiger partial charge in [0.25, 0.3) is 0 Å². The summed E-state index contributed by atoms with van der Waals surface area (Å²) in [6.07, 6.45) is 1.84. The Kier molecular flexibility index (Phi) is 3.68. The lowest BCUT2D eigenvalue weighted by molar-refractivity contribution is 0.789. The van der Waals surface area contributed by atoms with Crippen molar-refractivity contribution in [2.45, 2.75) is 26.7 Å². The zero-order valence-corrected chi connectivity index (χ0v) is 11.1. The SMILES string of the molecule is Cc1cc(NCC(C)c2nccs2)nc(C)n1. The molecule has 0 spiro atoms. The summed E-state index contributed by atoms with van der Waals surface area (Å²) in [7, 11) is 0. The summed E-state index contributed by atoms with van der Waals surface area (Å²) >= 11 is 1.69. The van der Waals surface area contributed by atoms with Gasteiger partial charge in [0.05, 0.1) is 5.01 Å². The van der Waals surface area contributed by atoms with Gasteiger partial charge >= 0.3 is 0 Å². The van der Waals surface area contributed by atoms with Gasteiger partial charge in [0.2, 0.25) is 0 Å². The van der Waals surface area contributed by atoms with Crippen LogP contribution in [0.5, 0.6) is 0 Å². The lowest BCUT2D eigenvalue weighted by Gasteiger charge is -2.11. The van der Waals surface area contributed by atoms with E-state index in [0.29, 0.717) is 5.92 Å². The van der Waals surface area contributed by atoms with Crippen molar-refractivity contribution in [1.82, 2.24) is 15.0 Å². The number of hydrogen-bond donors (Lipinski definition) is 1. The molecule has 1 N–H and O–H groups in total. The van der Waals surface area contributed by atoms with Gasteiger partial charge in [-0.1, -0.05) is 6.92 Å². The fourth-order valence-electron chi connectivity index (χ4n) is 1.63. The minimum Gasteiger partial charge on any atom is -0.369 e. The Morgan fingerprint density at radius 3 is 2.82 bits per heavy atom. The molecule has 0 aromatic carbocycles. The molecule has 2 aromatic heterocycles. The van der Waals surface area contributed by atoms with Crippen LogP contribution in [0.15, 0.2) is 17.6 Å². The first kappa shape index (κ1) is 12.0. The quantitative estimate of drug-likeness (QED) is 0.904. The minimum atomic E-state index is 0.394. The van der Waals surface area contributed by atoms with Gasteiger partial charge in [-0.15, -0.1) is 11.3 Å². The molecule has 90 valence electrons. The van der Waals surface area contributed by atoms with Crippen LogP contribution in [0.1, 0.15) is 29.4 Å². The van der Waals surface area contributed by atoms with Crippen LogP contribution in [0.25, 0.3) is 0 Å². The van der Waals surface area contributed by atoms with E-state index in [1.54, 1.807) is 11.3 Å². The number of hydrogen-bond acceptors (Lipinski definition) is 5. The van der Waals surface area contributed by atoms with E-state index in [9.17, 15) is 0 Å². The van der Waals surface area contributed by atoms with E-state index in [1.807, 2.05) is 31.5 Å². The van der Waals surface area contributed by atoms with E-state index in [0.717, 1.165) is 28.9 Å². The first-order valence-electron chi connectivity index (χ1n) is 5.60. The van der Waals surface area contributed by atoms with Gasteiger partial charge in [-0.05, 0) is 13.8 Å². The average molecular weight is 248 g/mol. The van der Waals surface area contributed by atoms with Crippen LogP contribution in [0.3, 0.4) is 0 Å². The Balaban J connectivity index is 1.98. The van der Waals surface area contributed by atoms with Crippen LogP contribution in [0.2, 0.25) is 0 Å². The third-order valence-electron chi connectivity index (χ3n) is 2.43. The number of aryl methyl sites for hydroxylation is 2. The van der Waals surface area contributed by atoms with Crippen LogP contribution >= 0.6 is 11.3 Å². The highest BCUT2D eigenvalue weighted by atomic mass is 32.1. The largest absolute Gasteiger partial charge is 0.369 e. The van der Waals surface area contributed by atoms with E-state index >= 15 is 0 Å². The predicted molar refractivity (Wildman–Crippen MR) is 70.5 cm³/mol. The van der Waals surface area contributed by atoms with Crippen LogP contribution in [0.4, 0.5) is 5.82 Å². The molecule has 2 aromatic rings. The molecule has 17 heavy (non-hydrogen) atoms. The molecular weight excluding hydrogens is 232 g/mol. The van der Waals surface area contributed by atoms with E-state index < -0.39 is 0 Å². The van der Waals surface area contributed by atoms with Gasteiger partial charge in [0, 0.05) is 35.8 Å². The highest BCUT2D eigenvalue weighted by Crippen LogP contribution is 2.18. The van der Waals surface area contributed by atoms with Gasteiger partial charge in [0.15, 0.2) is 0 Å². The van der Waals surface area contributed by atoms with Gasteiger partial charge in [-0.25, -0.2) is 15.0 Å². The summed E-state index contributed by atoms with van der Waals surface area (Å²) in [5.41, 5.74) is 0.988. The van der Waals surface area contributed by atoms with Gasteiger partial charge in [-0.3, -0.25) is 0 Å². The van der Waals surface area contributed by atoms with Crippen molar-refractivity contribution in [1.29, 1.82) is 0 Å². The highest BCUT2D eigenvalue weighted by molar-refractivity contribution is 7.09. The van der Waals surface area contributed by atoms with Crippen molar-refractivity contribution in [3.8, 4) is 0 Å². The topological polar surface area (TPSA) is 50.7 Å². The molecule has 0 amide bonds. The Bertz CT molecular complexity index is 461. The summed E-state index contributed by atoms with van der Waals surface area (Å²) in [5.74, 6) is 2.08. The second-order valence-electron chi connectivity index (χ2n) is 4.09. The van der Waals surface area contributed by atoms with E-state index in [4.69, 9.17) is 0 Å². The van der Waals surface area contributed by atoms with Crippen molar-refractivity contribution in [3.05, 3.63) is 34.2 Å². The number of nitrogens with one attached hydrogen (secondary N) is 1. The maximum Gasteiger partial charge on any atom is 0.129 e. The Hall–Kier alpha value is -1.49. The predicted octanol–water partition coefficient (Wildman–Crippen LogP) is 2.77. The number of nitrogens with zero attached hydrogens (tertiary/aromatic N) is 3. The standard InChI is InChI=1S/C12H16N4S/c1-8(12-13-4-5-17-12)7-14-11-6-9(2)15-10(3)16-11/h4-6,8H,7H2,1-3H3,(H,14,15,16). The van der Waals surface area contributed by atoms with Crippen molar-refractivity contribution in [2.24, 2.45) is 0 Å². The smallest absolute Gasteiger partial charge is 0.129 e. The molecule has 0 aliphatic rings. The second-order valence-corrected chi connectivity index (χ2v) is 5.02. The molecule has 0 aliphatic heterocycles. The first-order valence-corrected chi connectivity index (χ1v) is 6.48. The summed E-state index contributed by atoms with van der Waals surface area (Å²) < 4.78 is 0. The molecule has 0 fully saturated rings. The maximum atomic E-state index is 4.35. The third kappa shape index (κ3) is 3.23. The van der Waals surface area contributed by atoms with E-state index in [2.05, 4.69) is 27.2 Å². The van der Waals surface area contributed by atoms with Crippen molar-refractivity contribution in [3.63, 3.8) is 0 Å². The Labute approximate surface area is 105 Å². The Morgan fingerprint density at radius 2 is 2.18 bits per heavy atom. The molecule has 0 radical (unpaired) electrons. The lowest BCUT2D eigenvalue weighted by atomic mass is 10.2. The van der Waals surface area contributed by atoms with Gasteiger partial charge in [-0.2, -0.15) is 0 Å². The van der Waals surface area contributed by atoms with E-state index in [1.165, 1.54) is 0 Å². The summed E-state index contributed by atoms with van der Waals surface area (Å²) in [5, 5.41) is 6.49. The normalized spacial score (nSPS) is 12.4. The fraction of sp³-hybridized carbons (Fsp3) is 0.417. The molecule has 2 rings (SSSR count). The van der Waals surface area contributed by atoms with Crippen LogP contribution in [0, 0.1) is 13.8 Å². The molecule has 1 atom stereocenters. The molecule has 1 unspecified atom stereocenters. The monoisotopic (exact) mass is 248 g/mol. The first-order chi connectivity index (χ1) is 8.15. The average Bonchev–Trinajstić information content (AvgIpc) is 2.78. The van der Waals surface area contributed by atoms with Crippen LogP contribution in [-0.2, 0) is 0 Å². The van der Waals surface area contributed by atoms with Crippen molar-refractivity contribution >= 4 is 17.2 Å². The third-order valence-corrected chi connectivity index (χ3v) is 3.44. The molecule has 2 heterocycles. The van der Waals surface area contributed by atoms with Crippen LogP contribution < -0.4 is 5.32 Å². The van der Waals surface area contributed by atoms with Crippen LogP contribution in [-0.4, -0.2) is 21.5 Å².